The number of carbonyl (C=O) groups excluding carboxylic acids is 1. The molecule has 0 spiro atoms. The standard InChI is InChI=1S/C13H13N5O3/c1-14-13(21)10-6-15-12(16-7-10)9-2-4-18(17-8-9)5-3-11(19)20/h2,4,6-8H,3,5H2,1H3,(H-,14,19,20,21)/p+1. The molecule has 0 unspecified atom stereocenters. The highest BCUT2D eigenvalue weighted by atomic mass is 16.4. The van der Waals surface area contributed by atoms with Gasteiger partial charge >= 0.3 is 5.97 Å². The summed E-state index contributed by atoms with van der Waals surface area (Å²) < 4.78 is 1.52. The van der Waals surface area contributed by atoms with E-state index in [2.05, 4.69) is 20.4 Å². The van der Waals surface area contributed by atoms with Gasteiger partial charge < -0.3 is 10.4 Å². The fourth-order valence-electron chi connectivity index (χ4n) is 1.60. The summed E-state index contributed by atoms with van der Waals surface area (Å²) in [6, 6.07) is 1.74. The van der Waals surface area contributed by atoms with Crippen molar-refractivity contribution >= 4 is 11.9 Å². The monoisotopic (exact) mass is 288 g/mol. The lowest BCUT2D eigenvalue weighted by Crippen LogP contribution is -2.38. The first-order valence-corrected chi connectivity index (χ1v) is 6.22. The van der Waals surface area contributed by atoms with Crippen LogP contribution in [0.3, 0.4) is 0 Å². The SMILES string of the molecule is CNC(=O)c1cnc(-c2cc[n+](CCC(=O)O)nc2)nc1. The fourth-order valence-corrected chi connectivity index (χ4v) is 1.60. The molecular weight excluding hydrogens is 274 g/mol. The number of amides is 1. The number of hydrogen-bond donors (Lipinski definition) is 2. The van der Waals surface area contributed by atoms with E-state index < -0.39 is 5.97 Å². The van der Waals surface area contributed by atoms with Crippen molar-refractivity contribution in [3.8, 4) is 11.4 Å². The predicted molar refractivity (Wildman–Crippen MR) is 71.1 cm³/mol. The van der Waals surface area contributed by atoms with Crippen molar-refractivity contribution in [3.05, 3.63) is 36.4 Å². The maximum atomic E-state index is 11.4. The van der Waals surface area contributed by atoms with Crippen molar-refractivity contribution < 1.29 is 19.4 Å². The molecule has 0 aliphatic heterocycles. The molecule has 8 heteroatoms. The zero-order chi connectivity index (χ0) is 15.2. The van der Waals surface area contributed by atoms with Crippen LogP contribution in [0.2, 0.25) is 0 Å². The Labute approximate surface area is 120 Å². The molecule has 8 nitrogen and oxygen atoms in total. The van der Waals surface area contributed by atoms with E-state index in [0.29, 0.717) is 23.5 Å². The molecule has 0 aromatic carbocycles. The van der Waals surface area contributed by atoms with Crippen molar-refractivity contribution in [3.63, 3.8) is 0 Å². The van der Waals surface area contributed by atoms with Gasteiger partial charge in [0.25, 0.3) is 5.91 Å². The van der Waals surface area contributed by atoms with Gasteiger partial charge in [-0.1, -0.05) is 4.68 Å². The van der Waals surface area contributed by atoms with Crippen LogP contribution < -0.4 is 10.00 Å². The number of nitrogens with one attached hydrogen (secondary N) is 1. The number of nitrogens with zero attached hydrogens (tertiary/aromatic N) is 4. The van der Waals surface area contributed by atoms with Crippen molar-refractivity contribution in [1.29, 1.82) is 0 Å². The van der Waals surface area contributed by atoms with Gasteiger partial charge in [-0.05, 0) is 5.10 Å². The van der Waals surface area contributed by atoms with Crippen LogP contribution in [-0.2, 0) is 11.3 Å². The fraction of sp³-hybridized carbons (Fsp3) is 0.231. The smallest absolute Gasteiger partial charge is 0.309 e. The van der Waals surface area contributed by atoms with Crippen LogP contribution in [0.1, 0.15) is 16.8 Å². The Bertz CT molecular complexity index is 640. The molecule has 2 aromatic rings. The number of carbonyl (C=O) groups is 2. The quantitative estimate of drug-likeness (QED) is 0.729. The number of rotatable bonds is 5. The first-order chi connectivity index (χ1) is 10.1. The lowest BCUT2D eigenvalue weighted by Gasteiger charge is -2.01. The summed E-state index contributed by atoms with van der Waals surface area (Å²) in [4.78, 5) is 30.1. The molecule has 0 atom stereocenters. The van der Waals surface area contributed by atoms with Gasteiger partial charge in [-0.3, -0.25) is 9.59 Å². The van der Waals surface area contributed by atoms with Crippen LogP contribution >= 0.6 is 0 Å². The van der Waals surface area contributed by atoms with Gasteiger partial charge in [0.15, 0.2) is 18.6 Å². The maximum Gasteiger partial charge on any atom is 0.309 e. The number of aromatic nitrogens is 4. The third-order valence-corrected chi connectivity index (χ3v) is 2.73. The van der Waals surface area contributed by atoms with Crippen LogP contribution in [0, 0.1) is 0 Å². The molecule has 0 bridgehead atoms. The minimum Gasteiger partial charge on any atom is -0.481 e. The average molecular weight is 288 g/mol. The molecule has 2 N–H and O–H groups in total. The summed E-state index contributed by atoms with van der Waals surface area (Å²) in [6.45, 7) is 0.298. The number of carboxylic acids is 1. The molecule has 0 aliphatic rings. The van der Waals surface area contributed by atoms with E-state index >= 15 is 0 Å². The van der Waals surface area contributed by atoms with Crippen LogP contribution in [0.4, 0.5) is 0 Å². The van der Waals surface area contributed by atoms with Gasteiger partial charge in [-0.2, -0.15) is 0 Å². The Hall–Kier alpha value is -2.90. The molecule has 2 rings (SSSR count). The van der Waals surface area contributed by atoms with Crippen molar-refractivity contribution in [1.82, 2.24) is 20.4 Å². The molecule has 0 saturated heterocycles. The number of hydrogen-bond acceptors (Lipinski definition) is 5. The molecular formula is C13H14N5O3+. The summed E-state index contributed by atoms with van der Waals surface area (Å²) >= 11 is 0. The Kier molecular flexibility index (Phi) is 4.50. The van der Waals surface area contributed by atoms with Gasteiger partial charge in [0.1, 0.15) is 12.6 Å². The summed E-state index contributed by atoms with van der Waals surface area (Å²) in [5, 5.41) is 15.2. The maximum absolute atomic E-state index is 11.4. The Balaban J connectivity index is 2.11. The normalized spacial score (nSPS) is 10.1. The van der Waals surface area contributed by atoms with E-state index in [4.69, 9.17) is 5.11 Å². The summed E-state index contributed by atoms with van der Waals surface area (Å²) in [5.41, 5.74) is 1.06. The van der Waals surface area contributed by atoms with Crippen LogP contribution in [-0.4, -0.2) is 39.1 Å². The molecule has 0 aliphatic carbocycles. The second-order valence-electron chi connectivity index (χ2n) is 4.20. The second kappa shape index (κ2) is 6.51. The zero-order valence-corrected chi connectivity index (χ0v) is 11.4. The Morgan fingerprint density at radius 2 is 2.00 bits per heavy atom. The molecule has 108 valence electrons. The topological polar surface area (TPSA) is 109 Å². The first-order valence-electron chi connectivity index (χ1n) is 6.22. The lowest BCUT2D eigenvalue weighted by atomic mass is 10.2. The number of aliphatic carboxylic acids is 1. The van der Waals surface area contributed by atoms with Crippen molar-refractivity contribution in [2.24, 2.45) is 0 Å². The van der Waals surface area contributed by atoms with E-state index in [1.54, 1.807) is 18.5 Å². The minimum atomic E-state index is -0.874. The van der Waals surface area contributed by atoms with Gasteiger partial charge in [-0.15, -0.1) is 0 Å². The van der Waals surface area contributed by atoms with Crippen molar-refractivity contribution in [2.45, 2.75) is 13.0 Å². The van der Waals surface area contributed by atoms with E-state index in [1.807, 2.05) is 0 Å². The summed E-state index contributed by atoms with van der Waals surface area (Å²) in [6.07, 6.45) is 6.10. The van der Waals surface area contributed by atoms with E-state index in [1.165, 1.54) is 24.1 Å². The Morgan fingerprint density at radius 3 is 2.52 bits per heavy atom. The third kappa shape index (κ3) is 3.78. The molecule has 2 heterocycles. The molecule has 1 amide bonds. The molecule has 0 saturated carbocycles. The first kappa shape index (κ1) is 14.5. The molecule has 0 fully saturated rings. The highest BCUT2D eigenvalue weighted by Gasteiger charge is 2.10. The van der Waals surface area contributed by atoms with E-state index in [-0.39, 0.29) is 12.3 Å². The van der Waals surface area contributed by atoms with Gasteiger partial charge in [0.2, 0.25) is 0 Å². The van der Waals surface area contributed by atoms with Gasteiger partial charge in [0, 0.05) is 31.1 Å². The van der Waals surface area contributed by atoms with E-state index in [9.17, 15) is 9.59 Å². The van der Waals surface area contributed by atoms with Gasteiger partial charge in [-0.25, -0.2) is 9.97 Å². The van der Waals surface area contributed by atoms with Crippen LogP contribution in [0.15, 0.2) is 30.9 Å². The second-order valence-corrected chi connectivity index (χ2v) is 4.20. The van der Waals surface area contributed by atoms with Gasteiger partial charge in [0.05, 0.1) is 5.56 Å². The van der Waals surface area contributed by atoms with Crippen LogP contribution in [0.5, 0.6) is 0 Å². The van der Waals surface area contributed by atoms with Crippen LogP contribution in [0.25, 0.3) is 11.4 Å². The summed E-state index contributed by atoms with van der Waals surface area (Å²) in [5.74, 6) is -0.679. The minimum absolute atomic E-state index is 0.00827. The van der Waals surface area contributed by atoms with Crippen molar-refractivity contribution in [2.75, 3.05) is 7.05 Å². The average Bonchev–Trinajstić information content (AvgIpc) is 2.53. The predicted octanol–water partition coefficient (Wildman–Crippen LogP) is -0.340. The summed E-state index contributed by atoms with van der Waals surface area (Å²) in [7, 11) is 1.53. The Morgan fingerprint density at radius 1 is 1.29 bits per heavy atom. The molecule has 21 heavy (non-hydrogen) atoms. The molecule has 0 radical (unpaired) electrons. The largest absolute Gasteiger partial charge is 0.481 e. The third-order valence-electron chi connectivity index (χ3n) is 2.73. The number of carboxylic acid groups (broad SMARTS) is 1. The highest BCUT2D eigenvalue weighted by molar-refractivity contribution is 5.93. The number of aryl methyl sites for hydroxylation is 1. The zero-order valence-electron chi connectivity index (χ0n) is 11.4. The highest BCUT2D eigenvalue weighted by Crippen LogP contribution is 2.10. The van der Waals surface area contributed by atoms with E-state index in [0.717, 1.165) is 0 Å². The molecule has 2 aromatic heterocycles. The lowest BCUT2D eigenvalue weighted by molar-refractivity contribution is -0.752.